The largest absolute Gasteiger partial charge is 0.355 e. The number of ether oxygens (including phenoxy) is 1. The Kier molecular flexibility index (Phi) is 1.78. The molecule has 0 aromatic carbocycles. The average Bonchev–Trinajstić information content (AvgIpc) is 2.55. The van der Waals surface area contributed by atoms with Gasteiger partial charge in [-0.15, -0.1) is 0 Å². The molecule has 1 radical (unpaired) electrons. The molecule has 0 aliphatic carbocycles. The number of aromatic nitrogens is 2. The Hall–Kier alpha value is -1.00. The minimum atomic E-state index is -0.695. The topological polar surface area (TPSA) is 61.0 Å². The Morgan fingerprint density at radius 2 is 2.58 bits per heavy atom. The van der Waals surface area contributed by atoms with Crippen LogP contribution in [-0.2, 0) is 10.5 Å². The van der Waals surface area contributed by atoms with E-state index < -0.39 is 5.72 Å². The Balaban J connectivity index is 2.29. The zero-order valence-electron chi connectivity index (χ0n) is 6.66. The van der Waals surface area contributed by atoms with Gasteiger partial charge in [0.05, 0.1) is 5.69 Å². The minimum Gasteiger partial charge on any atom is -0.355 e. The highest BCUT2D eigenvalue weighted by molar-refractivity contribution is 5.09. The van der Waals surface area contributed by atoms with Gasteiger partial charge in [0.1, 0.15) is 0 Å². The molecule has 63 valence electrons. The minimum absolute atomic E-state index is 0.695. The van der Waals surface area contributed by atoms with E-state index in [9.17, 15) is 0 Å². The van der Waals surface area contributed by atoms with Crippen molar-refractivity contribution in [1.82, 2.24) is 9.97 Å². The molecule has 1 aromatic heterocycles. The first-order valence-electron chi connectivity index (χ1n) is 3.94. The molecule has 4 heteroatoms. The number of rotatable bonds is 1. The third-order valence-corrected chi connectivity index (χ3v) is 2.02. The van der Waals surface area contributed by atoms with Gasteiger partial charge in [-0.1, -0.05) is 0 Å². The molecule has 1 fully saturated rings. The summed E-state index contributed by atoms with van der Waals surface area (Å²) in [6.07, 6.45) is 5.93. The second-order valence-corrected chi connectivity index (χ2v) is 2.88. The Labute approximate surface area is 70.8 Å². The summed E-state index contributed by atoms with van der Waals surface area (Å²) in [6.45, 7) is 0.709. The van der Waals surface area contributed by atoms with Crippen LogP contribution in [0.5, 0.6) is 0 Å². The van der Waals surface area contributed by atoms with Gasteiger partial charge < -0.3 is 4.74 Å². The van der Waals surface area contributed by atoms with E-state index in [2.05, 4.69) is 16.3 Å². The van der Waals surface area contributed by atoms with Crippen LogP contribution in [-0.4, -0.2) is 16.6 Å². The fraction of sp³-hybridized carbons (Fsp3) is 0.500. The van der Waals surface area contributed by atoms with E-state index in [1.807, 2.05) is 0 Å². The lowest BCUT2D eigenvalue weighted by atomic mass is 10.1. The first-order chi connectivity index (χ1) is 5.81. The molecular formula is C8H10N3O. The number of hydrogen-bond acceptors (Lipinski definition) is 4. The summed E-state index contributed by atoms with van der Waals surface area (Å²) >= 11 is 0. The summed E-state index contributed by atoms with van der Waals surface area (Å²) in [5, 5.41) is 0. The van der Waals surface area contributed by atoms with Crippen LogP contribution in [0.4, 0.5) is 0 Å². The molecule has 1 atom stereocenters. The van der Waals surface area contributed by atoms with Crippen molar-refractivity contribution in [3.8, 4) is 0 Å². The zero-order chi connectivity index (χ0) is 8.44. The quantitative estimate of drug-likeness (QED) is 0.644. The van der Waals surface area contributed by atoms with Gasteiger partial charge in [0.15, 0.2) is 12.1 Å². The molecule has 12 heavy (non-hydrogen) atoms. The zero-order valence-corrected chi connectivity index (χ0v) is 6.66. The lowest BCUT2D eigenvalue weighted by molar-refractivity contribution is 0.00192. The smallest absolute Gasteiger partial charge is 0.198 e. The van der Waals surface area contributed by atoms with Crippen molar-refractivity contribution in [3.05, 3.63) is 24.3 Å². The molecule has 1 unspecified atom stereocenters. The highest BCUT2D eigenvalue weighted by Crippen LogP contribution is 2.28. The Bertz CT molecular complexity index is 256. The molecule has 1 aliphatic heterocycles. The van der Waals surface area contributed by atoms with Crippen molar-refractivity contribution in [1.29, 1.82) is 0 Å². The van der Waals surface area contributed by atoms with Crippen molar-refractivity contribution >= 4 is 0 Å². The molecule has 0 bridgehead atoms. The van der Waals surface area contributed by atoms with Gasteiger partial charge in [0.2, 0.25) is 0 Å². The van der Waals surface area contributed by atoms with E-state index in [0.29, 0.717) is 6.61 Å². The van der Waals surface area contributed by atoms with E-state index in [1.54, 1.807) is 12.3 Å². The van der Waals surface area contributed by atoms with Gasteiger partial charge in [0.25, 0.3) is 0 Å². The van der Waals surface area contributed by atoms with E-state index in [4.69, 9.17) is 10.5 Å². The summed E-state index contributed by atoms with van der Waals surface area (Å²) in [6, 6.07) is 1.77. The maximum absolute atomic E-state index is 5.95. The van der Waals surface area contributed by atoms with Crippen LogP contribution < -0.4 is 5.73 Å². The van der Waals surface area contributed by atoms with Gasteiger partial charge in [-0.05, 0) is 18.9 Å². The van der Waals surface area contributed by atoms with E-state index in [0.717, 1.165) is 18.5 Å². The van der Waals surface area contributed by atoms with Crippen LogP contribution >= 0.6 is 0 Å². The van der Waals surface area contributed by atoms with Crippen molar-refractivity contribution in [2.24, 2.45) is 5.73 Å². The fourth-order valence-electron chi connectivity index (χ4n) is 1.36. The number of nitrogens with zero attached hydrogens (tertiary/aromatic N) is 2. The number of hydrogen-bond donors (Lipinski definition) is 1. The maximum Gasteiger partial charge on any atom is 0.198 e. The highest BCUT2D eigenvalue weighted by atomic mass is 16.5. The summed E-state index contributed by atoms with van der Waals surface area (Å²) in [4.78, 5) is 7.65. The van der Waals surface area contributed by atoms with Crippen LogP contribution in [0.1, 0.15) is 18.5 Å². The van der Waals surface area contributed by atoms with Crippen LogP contribution in [0.3, 0.4) is 0 Å². The van der Waals surface area contributed by atoms with Crippen molar-refractivity contribution in [2.45, 2.75) is 18.6 Å². The van der Waals surface area contributed by atoms with Gasteiger partial charge >= 0.3 is 0 Å². The molecule has 2 rings (SSSR count). The molecule has 0 amide bonds. The molecule has 1 aliphatic rings. The fourth-order valence-corrected chi connectivity index (χ4v) is 1.36. The van der Waals surface area contributed by atoms with Crippen LogP contribution in [0.25, 0.3) is 0 Å². The molecule has 0 saturated carbocycles. The second-order valence-electron chi connectivity index (χ2n) is 2.88. The summed E-state index contributed by atoms with van der Waals surface area (Å²) in [7, 11) is 0. The van der Waals surface area contributed by atoms with Gasteiger partial charge in [-0.3, -0.25) is 5.73 Å². The molecular weight excluding hydrogens is 154 g/mol. The average molecular weight is 164 g/mol. The summed E-state index contributed by atoms with van der Waals surface area (Å²) in [5.41, 5.74) is 5.97. The molecule has 1 aromatic rings. The maximum atomic E-state index is 5.95. The van der Waals surface area contributed by atoms with E-state index >= 15 is 0 Å². The predicted molar refractivity (Wildman–Crippen MR) is 41.9 cm³/mol. The standard InChI is InChI=1S/C8H10N3O/c9-8(3-1-5-12-8)7-2-4-10-6-11-7/h2,4H,1,3,5,9H2. The van der Waals surface area contributed by atoms with Gasteiger partial charge in [-0.2, -0.15) is 0 Å². The SMILES string of the molecule is NC1(c2ccn[c]n2)CCCO1. The van der Waals surface area contributed by atoms with E-state index in [1.165, 1.54) is 0 Å². The third-order valence-electron chi connectivity index (χ3n) is 2.02. The Morgan fingerprint density at radius 1 is 1.67 bits per heavy atom. The molecule has 0 spiro atoms. The van der Waals surface area contributed by atoms with Crippen molar-refractivity contribution in [3.63, 3.8) is 0 Å². The van der Waals surface area contributed by atoms with Gasteiger partial charge in [-0.25, -0.2) is 9.97 Å². The highest BCUT2D eigenvalue weighted by Gasteiger charge is 2.33. The number of nitrogens with two attached hydrogens (primary N) is 1. The first-order valence-corrected chi connectivity index (χ1v) is 3.94. The molecule has 1 saturated heterocycles. The summed E-state index contributed by atoms with van der Waals surface area (Å²) in [5.74, 6) is 0. The molecule has 4 nitrogen and oxygen atoms in total. The lowest BCUT2D eigenvalue weighted by Crippen LogP contribution is -2.36. The first kappa shape index (κ1) is 7.64. The molecule has 2 heterocycles. The van der Waals surface area contributed by atoms with Crippen molar-refractivity contribution < 1.29 is 4.74 Å². The van der Waals surface area contributed by atoms with E-state index in [-0.39, 0.29) is 0 Å². The second kappa shape index (κ2) is 2.80. The monoisotopic (exact) mass is 164 g/mol. The Morgan fingerprint density at radius 3 is 3.17 bits per heavy atom. The summed E-state index contributed by atoms with van der Waals surface area (Å²) < 4.78 is 5.39. The van der Waals surface area contributed by atoms with Crippen LogP contribution in [0.15, 0.2) is 12.3 Å². The normalized spacial score (nSPS) is 29.1. The van der Waals surface area contributed by atoms with Crippen LogP contribution in [0.2, 0.25) is 0 Å². The van der Waals surface area contributed by atoms with Crippen molar-refractivity contribution in [2.75, 3.05) is 6.61 Å². The van der Waals surface area contributed by atoms with Gasteiger partial charge in [0, 0.05) is 12.8 Å². The molecule has 2 N–H and O–H groups in total. The third kappa shape index (κ3) is 1.19. The van der Waals surface area contributed by atoms with Crippen LogP contribution in [0, 0.1) is 6.33 Å². The predicted octanol–water partition coefficient (Wildman–Crippen LogP) is 0.199. The lowest BCUT2D eigenvalue weighted by Gasteiger charge is -2.21.